The van der Waals surface area contributed by atoms with Gasteiger partial charge in [-0.25, -0.2) is 12.8 Å². The minimum atomic E-state index is -3.31. The molecule has 10 heteroatoms. The molecule has 7 nitrogen and oxygen atoms in total. The van der Waals surface area contributed by atoms with E-state index in [2.05, 4.69) is 15.5 Å². The van der Waals surface area contributed by atoms with Crippen LogP contribution in [0.3, 0.4) is 0 Å². The number of hydrogen-bond acceptors (Lipinski definition) is 6. The molecule has 0 fully saturated rings. The number of aromatic nitrogens is 3. The second-order valence-corrected chi connectivity index (χ2v) is 10.5. The molecule has 0 aliphatic carbocycles. The summed E-state index contributed by atoms with van der Waals surface area (Å²) in [7, 11) is -3.31. The summed E-state index contributed by atoms with van der Waals surface area (Å²) in [6.45, 7) is 1.97. The molecule has 0 aliphatic heterocycles. The first-order valence-corrected chi connectivity index (χ1v) is 13.1. The number of nitrogens with zero attached hydrogens (tertiary/aromatic N) is 3. The van der Waals surface area contributed by atoms with Crippen LogP contribution in [0.15, 0.2) is 82.8 Å². The molecular formula is C24H21FN4O3S2. The van der Waals surface area contributed by atoms with E-state index in [4.69, 9.17) is 0 Å². The van der Waals surface area contributed by atoms with Crippen molar-refractivity contribution < 1.29 is 17.6 Å². The maximum Gasteiger partial charge on any atom is 0.234 e. The van der Waals surface area contributed by atoms with Crippen LogP contribution < -0.4 is 5.32 Å². The molecule has 1 heterocycles. The van der Waals surface area contributed by atoms with Crippen LogP contribution in [0.4, 0.5) is 10.1 Å². The van der Waals surface area contributed by atoms with Crippen LogP contribution >= 0.6 is 11.8 Å². The van der Waals surface area contributed by atoms with Crippen LogP contribution in [0.1, 0.15) is 5.56 Å². The van der Waals surface area contributed by atoms with Gasteiger partial charge in [-0.05, 0) is 55.5 Å². The molecule has 1 amide bonds. The van der Waals surface area contributed by atoms with Crippen LogP contribution in [0.25, 0.3) is 17.1 Å². The molecule has 0 unspecified atom stereocenters. The third kappa shape index (κ3) is 5.35. The maximum absolute atomic E-state index is 14.5. The van der Waals surface area contributed by atoms with Gasteiger partial charge in [0, 0.05) is 17.6 Å². The van der Waals surface area contributed by atoms with Crippen molar-refractivity contribution in [1.82, 2.24) is 14.8 Å². The number of anilines is 1. The molecule has 3 aromatic carbocycles. The number of carbonyl (C=O) groups excluding carboxylic acids is 1. The first-order chi connectivity index (χ1) is 16.2. The third-order valence-corrected chi connectivity index (χ3v) is 7.00. The minimum absolute atomic E-state index is 0.0229. The molecule has 0 saturated carbocycles. The highest BCUT2D eigenvalue weighted by atomic mass is 32.2. The fourth-order valence-corrected chi connectivity index (χ4v) is 4.60. The Labute approximate surface area is 201 Å². The average Bonchev–Trinajstić information content (AvgIpc) is 3.22. The molecule has 0 spiro atoms. The minimum Gasteiger partial charge on any atom is -0.325 e. The fourth-order valence-electron chi connectivity index (χ4n) is 3.22. The summed E-state index contributed by atoms with van der Waals surface area (Å²) in [6.07, 6.45) is 1.12. The lowest BCUT2D eigenvalue weighted by Crippen LogP contribution is -2.14. The Kier molecular flexibility index (Phi) is 6.80. The van der Waals surface area contributed by atoms with Crippen LogP contribution in [0, 0.1) is 12.7 Å². The number of halogens is 1. The quantitative estimate of drug-likeness (QED) is 0.378. The van der Waals surface area contributed by atoms with E-state index in [1.54, 1.807) is 22.8 Å². The van der Waals surface area contributed by atoms with Gasteiger partial charge in [0.25, 0.3) is 0 Å². The number of nitrogens with one attached hydrogen (secondary N) is 1. The Morgan fingerprint density at radius 2 is 1.68 bits per heavy atom. The number of sulfone groups is 1. The molecule has 0 bridgehead atoms. The van der Waals surface area contributed by atoms with E-state index in [0.717, 1.165) is 29.3 Å². The van der Waals surface area contributed by atoms with Gasteiger partial charge < -0.3 is 5.32 Å². The molecule has 0 atom stereocenters. The van der Waals surface area contributed by atoms with E-state index in [9.17, 15) is 17.6 Å². The van der Waals surface area contributed by atoms with Crippen molar-refractivity contribution in [3.8, 4) is 17.1 Å². The zero-order chi connectivity index (χ0) is 24.3. The standard InChI is InChI=1S/C24H21FN4O3S2/c1-16-7-11-18(12-8-16)29-23(20-5-3-4-6-21(20)25)27-28-24(29)33-15-22(30)26-17-9-13-19(14-10-17)34(2,31)32/h3-14H,15H2,1-2H3,(H,26,30). The molecule has 174 valence electrons. The highest BCUT2D eigenvalue weighted by molar-refractivity contribution is 7.99. The number of thioether (sulfide) groups is 1. The summed E-state index contributed by atoms with van der Waals surface area (Å²) < 4.78 is 39.4. The molecule has 0 saturated heterocycles. The molecule has 34 heavy (non-hydrogen) atoms. The highest BCUT2D eigenvalue weighted by Crippen LogP contribution is 2.29. The number of benzene rings is 3. The van der Waals surface area contributed by atoms with E-state index in [-0.39, 0.29) is 16.6 Å². The molecule has 0 aliphatic rings. The summed E-state index contributed by atoms with van der Waals surface area (Å²) >= 11 is 1.16. The lowest BCUT2D eigenvalue weighted by atomic mass is 10.2. The van der Waals surface area contributed by atoms with Crippen molar-refractivity contribution in [2.45, 2.75) is 17.0 Å². The van der Waals surface area contributed by atoms with Crippen molar-refractivity contribution >= 4 is 33.2 Å². The molecule has 4 rings (SSSR count). The number of carbonyl (C=O) groups is 1. The van der Waals surface area contributed by atoms with Crippen LogP contribution in [0.5, 0.6) is 0 Å². The van der Waals surface area contributed by atoms with E-state index >= 15 is 0 Å². The lowest BCUT2D eigenvalue weighted by Gasteiger charge is -2.11. The molecule has 1 N–H and O–H groups in total. The van der Waals surface area contributed by atoms with Gasteiger partial charge in [-0.3, -0.25) is 9.36 Å². The van der Waals surface area contributed by atoms with E-state index in [1.165, 1.54) is 30.3 Å². The van der Waals surface area contributed by atoms with Gasteiger partial charge in [0.15, 0.2) is 20.8 Å². The summed E-state index contributed by atoms with van der Waals surface area (Å²) in [5.41, 5.74) is 2.59. The van der Waals surface area contributed by atoms with Gasteiger partial charge in [-0.1, -0.05) is 41.6 Å². The Morgan fingerprint density at radius 1 is 1.00 bits per heavy atom. The summed E-state index contributed by atoms with van der Waals surface area (Å²) in [6, 6.07) is 19.9. The Morgan fingerprint density at radius 3 is 2.32 bits per heavy atom. The molecular weight excluding hydrogens is 475 g/mol. The predicted octanol–water partition coefficient (Wildman–Crippen LogP) is 4.52. The Balaban J connectivity index is 1.56. The topological polar surface area (TPSA) is 94.0 Å². The van der Waals surface area contributed by atoms with Gasteiger partial charge in [0.05, 0.1) is 16.2 Å². The van der Waals surface area contributed by atoms with E-state index in [0.29, 0.717) is 22.2 Å². The SMILES string of the molecule is Cc1ccc(-n2c(SCC(=O)Nc3ccc(S(C)(=O)=O)cc3)nnc2-c2ccccc2F)cc1. The second kappa shape index (κ2) is 9.78. The van der Waals surface area contributed by atoms with Gasteiger partial charge in [0.2, 0.25) is 5.91 Å². The van der Waals surface area contributed by atoms with Crippen LogP contribution in [-0.4, -0.2) is 41.1 Å². The predicted molar refractivity (Wildman–Crippen MR) is 130 cm³/mol. The zero-order valence-corrected chi connectivity index (χ0v) is 20.0. The molecule has 0 radical (unpaired) electrons. The second-order valence-electron chi connectivity index (χ2n) is 7.59. The van der Waals surface area contributed by atoms with Crippen molar-refractivity contribution in [2.24, 2.45) is 0 Å². The van der Waals surface area contributed by atoms with E-state index in [1.807, 2.05) is 31.2 Å². The Bertz CT molecular complexity index is 1430. The van der Waals surface area contributed by atoms with Crippen molar-refractivity contribution in [3.63, 3.8) is 0 Å². The number of hydrogen-bond donors (Lipinski definition) is 1. The number of rotatable bonds is 7. The maximum atomic E-state index is 14.5. The van der Waals surface area contributed by atoms with Crippen molar-refractivity contribution in [2.75, 3.05) is 17.3 Å². The van der Waals surface area contributed by atoms with Gasteiger partial charge in [-0.15, -0.1) is 10.2 Å². The normalized spacial score (nSPS) is 11.4. The average molecular weight is 497 g/mol. The number of amides is 1. The highest BCUT2D eigenvalue weighted by Gasteiger charge is 2.19. The third-order valence-electron chi connectivity index (χ3n) is 4.94. The zero-order valence-electron chi connectivity index (χ0n) is 18.4. The van der Waals surface area contributed by atoms with Gasteiger partial charge in [0.1, 0.15) is 5.82 Å². The van der Waals surface area contributed by atoms with Crippen molar-refractivity contribution in [1.29, 1.82) is 0 Å². The van der Waals surface area contributed by atoms with Gasteiger partial charge in [-0.2, -0.15) is 0 Å². The first-order valence-electron chi connectivity index (χ1n) is 10.2. The van der Waals surface area contributed by atoms with E-state index < -0.39 is 15.7 Å². The van der Waals surface area contributed by atoms with Gasteiger partial charge >= 0.3 is 0 Å². The summed E-state index contributed by atoms with van der Waals surface area (Å²) in [5, 5.41) is 11.6. The number of aryl methyl sites for hydroxylation is 1. The summed E-state index contributed by atoms with van der Waals surface area (Å²) in [4.78, 5) is 12.7. The fraction of sp³-hybridized carbons (Fsp3) is 0.125. The first kappa shape index (κ1) is 23.7. The van der Waals surface area contributed by atoms with Crippen LogP contribution in [0.2, 0.25) is 0 Å². The monoisotopic (exact) mass is 496 g/mol. The molecule has 4 aromatic rings. The van der Waals surface area contributed by atoms with Crippen LogP contribution in [-0.2, 0) is 14.6 Å². The molecule has 1 aromatic heterocycles. The smallest absolute Gasteiger partial charge is 0.234 e. The summed E-state index contributed by atoms with van der Waals surface area (Å²) in [5.74, 6) is -0.367. The Hall–Kier alpha value is -3.50. The lowest BCUT2D eigenvalue weighted by molar-refractivity contribution is -0.113. The largest absolute Gasteiger partial charge is 0.325 e. The van der Waals surface area contributed by atoms with Crippen molar-refractivity contribution in [3.05, 3.63) is 84.2 Å².